The summed E-state index contributed by atoms with van der Waals surface area (Å²) in [6, 6.07) is 18.4. The standard InChI is InChI=1S/2C16H21.C2H6Si.2CH3.Zr/c2*1-10(2)14-7-6-13-8-12(5)9-15(13)16(14)11(3)4;1-3-2;;;/h2*6-11H,1-5H3;1-2H3;2*1H3;/q2*-1;;2*-1;+4. The summed E-state index contributed by atoms with van der Waals surface area (Å²) >= 11 is 0. The predicted octanol–water partition coefficient (Wildman–Crippen LogP) is 11.9. The molecule has 0 nitrogen and oxygen atoms in total. The molecule has 0 spiro atoms. The number of aryl methyl sites for hydroxylation is 2. The summed E-state index contributed by atoms with van der Waals surface area (Å²) in [4.78, 5) is 0. The molecule has 0 N–H and O–H groups in total. The summed E-state index contributed by atoms with van der Waals surface area (Å²) in [6.45, 7) is 27.0. The molecule has 4 aromatic carbocycles. The molecule has 0 atom stereocenters. The van der Waals surface area contributed by atoms with Crippen molar-refractivity contribution >= 4 is 31.1 Å². The fourth-order valence-corrected chi connectivity index (χ4v) is 5.24. The van der Waals surface area contributed by atoms with Crippen molar-refractivity contribution in [3.05, 3.63) is 96.8 Å². The monoisotopic (exact) mass is 604 g/mol. The molecule has 0 aliphatic carbocycles. The fraction of sp³-hybridized carbons (Fsp3) is 0.444. The van der Waals surface area contributed by atoms with Gasteiger partial charge in [0.15, 0.2) is 0 Å². The largest absolute Gasteiger partial charge is 4.00 e. The van der Waals surface area contributed by atoms with E-state index in [9.17, 15) is 0 Å². The Hall–Kier alpha value is -1.24. The Kier molecular flexibility index (Phi) is 17.9. The molecule has 0 bridgehead atoms. The molecule has 2 radical (unpaired) electrons. The first kappa shape index (κ1) is 38.9. The third kappa shape index (κ3) is 9.45. The molecule has 0 unspecified atom stereocenters. The van der Waals surface area contributed by atoms with E-state index in [4.69, 9.17) is 0 Å². The molecule has 0 aliphatic rings. The Morgan fingerprint density at radius 2 is 0.842 bits per heavy atom. The van der Waals surface area contributed by atoms with E-state index in [-0.39, 0.29) is 41.1 Å². The Morgan fingerprint density at radius 1 is 0.553 bits per heavy atom. The Morgan fingerprint density at radius 3 is 1.08 bits per heavy atom. The van der Waals surface area contributed by atoms with E-state index < -0.39 is 0 Å². The van der Waals surface area contributed by atoms with Crippen LogP contribution in [0.2, 0.25) is 13.1 Å². The molecule has 2 heteroatoms. The maximum atomic E-state index is 2.33. The van der Waals surface area contributed by atoms with E-state index >= 15 is 0 Å². The van der Waals surface area contributed by atoms with Crippen LogP contribution >= 0.6 is 0 Å². The predicted molar refractivity (Wildman–Crippen MR) is 175 cm³/mol. The van der Waals surface area contributed by atoms with Crippen molar-refractivity contribution in [3.8, 4) is 0 Å². The van der Waals surface area contributed by atoms with Crippen LogP contribution in [-0.4, -0.2) is 9.52 Å². The molecule has 4 aromatic rings. The summed E-state index contributed by atoms with van der Waals surface area (Å²) in [6.07, 6.45) is 0. The van der Waals surface area contributed by atoms with Crippen LogP contribution in [0.1, 0.15) is 112 Å². The average Bonchev–Trinajstić information content (AvgIpc) is 3.32. The van der Waals surface area contributed by atoms with Crippen LogP contribution in [0.4, 0.5) is 0 Å². The Balaban J connectivity index is 0. The van der Waals surface area contributed by atoms with Crippen LogP contribution in [-0.2, 0) is 26.2 Å². The van der Waals surface area contributed by atoms with E-state index in [0.717, 1.165) is 9.52 Å². The van der Waals surface area contributed by atoms with Gasteiger partial charge in [-0.15, -0.1) is 69.1 Å². The molecule has 0 saturated heterocycles. The van der Waals surface area contributed by atoms with Gasteiger partial charge in [0.2, 0.25) is 0 Å². The van der Waals surface area contributed by atoms with Gasteiger partial charge in [-0.05, 0) is 23.7 Å². The van der Waals surface area contributed by atoms with E-state index in [2.05, 4.69) is 131 Å². The first-order chi connectivity index (χ1) is 16.4. The Bertz CT molecular complexity index is 1120. The number of fused-ring (bicyclic) bond motifs is 2. The quantitative estimate of drug-likeness (QED) is 0.160. The average molecular weight is 606 g/mol. The molecule has 0 aliphatic heterocycles. The minimum absolute atomic E-state index is 0. The van der Waals surface area contributed by atoms with Crippen LogP contribution in [0, 0.1) is 28.7 Å². The SMILES string of the molecule is C[Si]C.Cc1cc2c(C(C)C)c(C(C)C)ccc2[cH-]1.Cc1cc2c(C(C)C)c(C(C)C)ccc2[cH-]1.[CH3-].[CH3-].[Zr+4]. The molecule has 0 fully saturated rings. The molecule has 0 heterocycles. The van der Waals surface area contributed by atoms with Gasteiger partial charge in [0.1, 0.15) is 0 Å². The summed E-state index contributed by atoms with van der Waals surface area (Å²) in [5, 5.41) is 5.70. The normalized spacial score (nSPS) is 10.5. The summed E-state index contributed by atoms with van der Waals surface area (Å²) in [7, 11) is 1.08. The maximum Gasteiger partial charge on any atom is 4.00 e. The van der Waals surface area contributed by atoms with Crippen molar-refractivity contribution in [2.45, 2.75) is 106 Å². The van der Waals surface area contributed by atoms with Crippen LogP contribution in [0.15, 0.2) is 48.5 Å². The van der Waals surface area contributed by atoms with Crippen molar-refractivity contribution in [1.82, 2.24) is 0 Å². The zero-order valence-electron chi connectivity index (χ0n) is 26.9. The van der Waals surface area contributed by atoms with E-state index in [1.807, 2.05) is 0 Å². The number of benzene rings is 2. The van der Waals surface area contributed by atoms with Crippen molar-refractivity contribution in [1.29, 1.82) is 0 Å². The van der Waals surface area contributed by atoms with Crippen molar-refractivity contribution in [3.63, 3.8) is 0 Å². The first-order valence-electron chi connectivity index (χ1n) is 13.4. The molecule has 0 amide bonds. The van der Waals surface area contributed by atoms with Gasteiger partial charge in [-0.3, -0.25) is 0 Å². The second kappa shape index (κ2) is 17.5. The van der Waals surface area contributed by atoms with Crippen LogP contribution in [0.3, 0.4) is 0 Å². The van der Waals surface area contributed by atoms with Gasteiger partial charge in [0.05, 0.1) is 0 Å². The molecule has 38 heavy (non-hydrogen) atoms. The van der Waals surface area contributed by atoms with Gasteiger partial charge in [0, 0.05) is 9.52 Å². The van der Waals surface area contributed by atoms with Gasteiger partial charge in [0.25, 0.3) is 0 Å². The van der Waals surface area contributed by atoms with Crippen molar-refractivity contribution in [2.75, 3.05) is 0 Å². The van der Waals surface area contributed by atoms with Gasteiger partial charge in [-0.25, -0.2) is 0 Å². The zero-order valence-corrected chi connectivity index (χ0v) is 30.4. The van der Waals surface area contributed by atoms with Crippen LogP contribution in [0.5, 0.6) is 0 Å². The minimum atomic E-state index is 0. The number of rotatable bonds is 4. The maximum absolute atomic E-state index is 2.33. The minimum Gasteiger partial charge on any atom is -0.358 e. The van der Waals surface area contributed by atoms with E-state index in [1.165, 1.54) is 43.8 Å². The molecule has 0 saturated carbocycles. The summed E-state index contributed by atoms with van der Waals surface area (Å²) in [5.41, 5.74) is 8.85. The molecule has 206 valence electrons. The van der Waals surface area contributed by atoms with Gasteiger partial charge in [-0.1, -0.05) is 105 Å². The van der Waals surface area contributed by atoms with Crippen molar-refractivity contribution < 1.29 is 26.2 Å². The first-order valence-corrected chi connectivity index (χ1v) is 15.4. The van der Waals surface area contributed by atoms with E-state index in [1.54, 1.807) is 11.1 Å². The smallest absolute Gasteiger partial charge is 0.358 e. The van der Waals surface area contributed by atoms with Crippen LogP contribution < -0.4 is 0 Å². The van der Waals surface area contributed by atoms with Crippen LogP contribution in [0.25, 0.3) is 21.5 Å². The van der Waals surface area contributed by atoms with Gasteiger partial charge < -0.3 is 14.9 Å². The van der Waals surface area contributed by atoms with Crippen molar-refractivity contribution in [2.24, 2.45) is 0 Å². The third-order valence-electron chi connectivity index (χ3n) is 6.62. The topological polar surface area (TPSA) is 0 Å². The second-order valence-electron chi connectivity index (χ2n) is 11.3. The summed E-state index contributed by atoms with van der Waals surface area (Å²) < 4.78 is 0. The van der Waals surface area contributed by atoms with E-state index in [0.29, 0.717) is 23.7 Å². The number of hydrogen-bond donors (Lipinski definition) is 0. The van der Waals surface area contributed by atoms with Gasteiger partial charge >= 0.3 is 26.2 Å². The molecular weight excluding hydrogens is 552 g/mol. The molecular formula is C36H54SiZr. The fourth-order valence-electron chi connectivity index (χ4n) is 5.24. The molecule has 0 aromatic heterocycles. The molecule has 4 rings (SSSR count). The Labute approximate surface area is 258 Å². The second-order valence-corrected chi connectivity index (χ2v) is 12.3. The zero-order chi connectivity index (χ0) is 26.4. The third-order valence-corrected chi connectivity index (χ3v) is 6.62. The number of hydrogen-bond acceptors (Lipinski definition) is 0. The summed E-state index contributed by atoms with van der Waals surface area (Å²) in [5.74, 6) is 2.42. The van der Waals surface area contributed by atoms with Gasteiger partial charge in [-0.2, -0.15) is 12.1 Å².